The first-order valence-corrected chi connectivity index (χ1v) is 7.53. The summed E-state index contributed by atoms with van der Waals surface area (Å²) in [4.78, 5) is 11.0. The maximum Gasteiger partial charge on any atom is 0.336 e. The molecule has 1 aromatic rings. The van der Waals surface area contributed by atoms with Crippen LogP contribution in [0.25, 0.3) is 0 Å². The molecule has 1 N–H and O–H groups in total. The number of halogens is 4. The van der Waals surface area contributed by atoms with Crippen LogP contribution in [-0.4, -0.2) is 11.1 Å². The molecule has 0 spiro atoms. The molecular weight excluding hydrogens is 460 g/mol. The van der Waals surface area contributed by atoms with Gasteiger partial charge in [-0.2, -0.15) is 0 Å². The smallest absolute Gasteiger partial charge is 0.336 e. The van der Waals surface area contributed by atoms with E-state index >= 15 is 0 Å². The van der Waals surface area contributed by atoms with E-state index in [1.807, 2.05) is 6.07 Å². The van der Waals surface area contributed by atoms with Gasteiger partial charge in [0.25, 0.3) is 0 Å². The molecule has 15 heavy (non-hydrogen) atoms. The second-order valence-corrected chi connectivity index (χ2v) is 8.87. The van der Waals surface area contributed by atoms with Crippen molar-refractivity contribution in [3.05, 3.63) is 34.9 Å². The molecule has 0 saturated heterocycles. The van der Waals surface area contributed by atoms with Gasteiger partial charge in [-0.15, -0.1) is 0 Å². The summed E-state index contributed by atoms with van der Waals surface area (Å²) in [5.74, 6) is -0.934. The Morgan fingerprint density at radius 2 is 1.73 bits per heavy atom. The number of hydrogen-bond acceptors (Lipinski definition) is 1. The molecule has 0 aromatic heterocycles. The van der Waals surface area contributed by atoms with E-state index < -0.39 is 5.97 Å². The first-order chi connectivity index (χ1) is 6.93. The second-order valence-electron chi connectivity index (χ2n) is 2.75. The molecule has 0 aliphatic heterocycles. The van der Waals surface area contributed by atoms with Crippen LogP contribution >= 0.6 is 63.7 Å². The van der Waals surface area contributed by atoms with E-state index in [0.29, 0.717) is 5.56 Å². The predicted octanol–water partition coefficient (Wildman–Crippen LogP) is 4.96. The van der Waals surface area contributed by atoms with Crippen molar-refractivity contribution in [1.82, 2.24) is 0 Å². The Kier molecular flexibility index (Phi) is 5.28. The fourth-order valence-electron chi connectivity index (χ4n) is 1.09. The first kappa shape index (κ1) is 13.7. The van der Waals surface area contributed by atoms with E-state index in [1.165, 1.54) is 0 Å². The van der Waals surface area contributed by atoms with E-state index in [4.69, 9.17) is 5.11 Å². The van der Waals surface area contributed by atoms with E-state index in [9.17, 15) is 4.79 Å². The summed E-state index contributed by atoms with van der Waals surface area (Å²) in [6.07, 6.45) is 0. The van der Waals surface area contributed by atoms with Crippen LogP contribution in [0.5, 0.6) is 0 Å². The van der Waals surface area contributed by atoms with Crippen molar-refractivity contribution in [3.8, 4) is 0 Å². The van der Waals surface area contributed by atoms with Gasteiger partial charge in [-0.3, -0.25) is 0 Å². The number of benzene rings is 1. The van der Waals surface area contributed by atoms with Crippen molar-refractivity contribution in [3.63, 3.8) is 0 Å². The van der Waals surface area contributed by atoms with Gasteiger partial charge in [0.05, 0.1) is 13.0 Å². The lowest BCUT2D eigenvalue weighted by molar-refractivity contribution is 0.0696. The van der Waals surface area contributed by atoms with Crippen molar-refractivity contribution >= 4 is 69.7 Å². The minimum atomic E-state index is -0.934. The fraction of sp³-hybridized carbons (Fsp3) is 0.222. The van der Waals surface area contributed by atoms with Crippen LogP contribution in [0.15, 0.2) is 18.2 Å². The second kappa shape index (κ2) is 5.80. The highest BCUT2D eigenvalue weighted by atomic mass is 79.9. The third-order valence-electron chi connectivity index (χ3n) is 1.79. The summed E-state index contributed by atoms with van der Waals surface area (Å²) in [6, 6.07) is 5.29. The Morgan fingerprint density at radius 3 is 2.13 bits per heavy atom. The van der Waals surface area contributed by atoms with Gasteiger partial charge in [-0.1, -0.05) is 75.9 Å². The molecule has 0 fully saturated rings. The molecule has 6 heteroatoms. The van der Waals surface area contributed by atoms with Crippen LogP contribution in [0, 0.1) is 0 Å². The predicted molar refractivity (Wildman–Crippen MR) is 74.6 cm³/mol. The SMILES string of the molecule is O=C(O)c1cc(C(Br)Br)ccc1C(Br)Br. The molecule has 82 valence electrons. The highest BCUT2D eigenvalue weighted by Crippen LogP contribution is 2.35. The average Bonchev–Trinajstić information content (AvgIpc) is 2.16. The third kappa shape index (κ3) is 3.54. The van der Waals surface area contributed by atoms with Gasteiger partial charge >= 0.3 is 5.97 Å². The van der Waals surface area contributed by atoms with Gasteiger partial charge in [0.1, 0.15) is 0 Å². The number of carbonyl (C=O) groups is 1. The zero-order valence-electron chi connectivity index (χ0n) is 7.25. The molecule has 0 bridgehead atoms. The molecule has 0 aliphatic carbocycles. The van der Waals surface area contributed by atoms with Crippen LogP contribution in [0.1, 0.15) is 29.0 Å². The fourth-order valence-corrected chi connectivity index (χ4v) is 2.45. The van der Waals surface area contributed by atoms with Crippen LogP contribution in [0.4, 0.5) is 0 Å². The van der Waals surface area contributed by atoms with Crippen molar-refractivity contribution in [2.24, 2.45) is 0 Å². The van der Waals surface area contributed by atoms with Crippen LogP contribution < -0.4 is 0 Å². The summed E-state index contributed by atoms with van der Waals surface area (Å²) in [6.45, 7) is 0. The standard InChI is InChI=1S/C9H6Br4O2/c10-7(11)4-1-2-5(8(12)13)6(3-4)9(14)15/h1-3,7-8H,(H,14,15). The minimum absolute atomic E-state index is 0.0405. The molecule has 0 aliphatic rings. The topological polar surface area (TPSA) is 37.3 Å². The summed E-state index contributed by atoms with van der Waals surface area (Å²) in [7, 11) is 0. The molecule has 1 aromatic carbocycles. The number of carboxylic acids is 1. The van der Waals surface area contributed by atoms with Crippen molar-refractivity contribution < 1.29 is 9.90 Å². The summed E-state index contributed by atoms with van der Waals surface area (Å²) in [5, 5.41) is 9.05. The molecule has 0 amide bonds. The lowest BCUT2D eigenvalue weighted by Crippen LogP contribution is -2.03. The Morgan fingerprint density at radius 1 is 1.13 bits per heavy atom. The molecule has 0 saturated carbocycles. The summed E-state index contributed by atoms with van der Waals surface area (Å²) >= 11 is 13.2. The number of rotatable bonds is 3. The Balaban J connectivity index is 3.27. The number of carboxylic acid groups (broad SMARTS) is 1. The highest BCUT2D eigenvalue weighted by molar-refractivity contribution is 9.24. The minimum Gasteiger partial charge on any atom is -0.478 e. The van der Waals surface area contributed by atoms with Gasteiger partial charge in [0, 0.05) is 0 Å². The molecule has 1 rings (SSSR count). The average molecular weight is 466 g/mol. The first-order valence-electron chi connectivity index (χ1n) is 3.87. The van der Waals surface area contributed by atoms with Gasteiger partial charge in [0.15, 0.2) is 0 Å². The molecular formula is C9H6Br4O2. The maximum absolute atomic E-state index is 11.0. The number of alkyl halides is 4. The van der Waals surface area contributed by atoms with Crippen LogP contribution in [0.3, 0.4) is 0 Å². The summed E-state index contributed by atoms with van der Waals surface area (Å²) < 4.78 is -0.199. The number of hydrogen-bond donors (Lipinski definition) is 1. The van der Waals surface area contributed by atoms with E-state index in [2.05, 4.69) is 63.7 Å². The largest absolute Gasteiger partial charge is 0.478 e. The van der Waals surface area contributed by atoms with Gasteiger partial charge in [-0.25, -0.2) is 4.79 Å². The van der Waals surface area contributed by atoms with Gasteiger partial charge in [0.2, 0.25) is 0 Å². The molecule has 0 radical (unpaired) electrons. The van der Waals surface area contributed by atoms with Crippen LogP contribution in [0.2, 0.25) is 0 Å². The van der Waals surface area contributed by atoms with Crippen molar-refractivity contribution in [1.29, 1.82) is 0 Å². The lowest BCUT2D eigenvalue weighted by atomic mass is 10.1. The zero-order chi connectivity index (χ0) is 11.6. The van der Waals surface area contributed by atoms with Gasteiger partial charge in [-0.05, 0) is 17.2 Å². The van der Waals surface area contributed by atoms with E-state index in [1.54, 1.807) is 12.1 Å². The Labute approximate surface area is 121 Å². The van der Waals surface area contributed by atoms with Crippen molar-refractivity contribution in [2.45, 2.75) is 7.47 Å². The summed E-state index contributed by atoms with van der Waals surface area (Å²) in [5.41, 5.74) is 1.86. The molecule has 0 heterocycles. The quantitative estimate of drug-likeness (QED) is 0.641. The van der Waals surface area contributed by atoms with E-state index in [0.717, 1.165) is 5.56 Å². The van der Waals surface area contributed by atoms with Crippen LogP contribution in [-0.2, 0) is 0 Å². The van der Waals surface area contributed by atoms with Crippen molar-refractivity contribution in [2.75, 3.05) is 0 Å². The maximum atomic E-state index is 11.0. The zero-order valence-corrected chi connectivity index (χ0v) is 13.6. The normalized spacial score (nSPS) is 11.1. The Bertz CT molecular complexity index is 376. The number of aromatic carboxylic acids is 1. The molecule has 2 nitrogen and oxygen atoms in total. The Hall–Kier alpha value is 0.610. The lowest BCUT2D eigenvalue weighted by Gasteiger charge is -2.10. The molecule has 0 atom stereocenters. The van der Waals surface area contributed by atoms with Gasteiger partial charge < -0.3 is 5.11 Å². The third-order valence-corrected chi connectivity index (χ3v) is 3.84. The molecule has 0 unspecified atom stereocenters. The van der Waals surface area contributed by atoms with E-state index in [-0.39, 0.29) is 13.0 Å². The highest BCUT2D eigenvalue weighted by Gasteiger charge is 2.16. The monoisotopic (exact) mass is 462 g/mol.